The normalized spacial score (nSPS) is 19.0. The third kappa shape index (κ3) is 5.60. The molecule has 1 saturated carbocycles. The second kappa shape index (κ2) is 9.25. The summed E-state index contributed by atoms with van der Waals surface area (Å²) in [5.41, 5.74) is 4.57. The Morgan fingerprint density at radius 1 is 0.963 bits per heavy atom. The number of amides is 3. The first-order valence-corrected chi connectivity index (χ1v) is 9.35. The van der Waals surface area contributed by atoms with Crippen molar-refractivity contribution in [2.24, 2.45) is 5.92 Å². The van der Waals surface area contributed by atoms with Crippen LogP contribution >= 0.6 is 0 Å². The fourth-order valence-electron chi connectivity index (χ4n) is 3.31. The minimum Gasteiger partial charge on any atom is -0.485 e. The summed E-state index contributed by atoms with van der Waals surface area (Å²) in [5, 5.41) is 2.59. The maximum Gasteiger partial charge on any atom is 0.283 e. The fraction of sp³-hybridized carbons (Fsp3) is 0.526. The Bertz CT molecular complexity index is 688. The molecule has 0 spiro atoms. The van der Waals surface area contributed by atoms with Crippen LogP contribution in [0.5, 0.6) is 11.5 Å². The standard InChI is InChI=1S/C19H25N3O5/c23-17(10-13-6-2-1-3-7-13)20-11-18(24)21-22-19(25)16-12-26-14-8-4-5-9-15(14)27-16/h4-5,8-9,13,16H,1-3,6-7,10-12H2,(H,20,23)(H,21,24)(H,22,25). The second-order valence-electron chi connectivity index (χ2n) is 6.89. The molecule has 1 aliphatic heterocycles. The Hall–Kier alpha value is -2.77. The summed E-state index contributed by atoms with van der Waals surface area (Å²) < 4.78 is 11.0. The minimum absolute atomic E-state index is 0.0524. The van der Waals surface area contributed by atoms with Crippen LogP contribution in [0.15, 0.2) is 24.3 Å². The molecule has 8 heteroatoms. The first kappa shape index (κ1) is 19.0. The molecule has 1 heterocycles. The lowest BCUT2D eigenvalue weighted by Crippen LogP contribution is -2.52. The highest BCUT2D eigenvalue weighted by atomic mass is 16.6. The van der Waals surface area contributed by atoms with Crippen LogP contribution in [-0.2, 0) is 14.4 Å². The van der Waals surface area contributed by atoms with Crippen LogP contribution in [0.2, 0.25) is 0 Å². The number of rotatable bonds is 5. The summed E-state index contributed by atoms with van der Waals surface area (Å²) in [5.74, 6) is 0.303. The van der Waals surface area contributed by atoms with Crippen LogP contribution in [0.4, 0.5) is 0 Å². The minimum atomic E-state index is -0.860. The van der Waals surface area contributed by atoms with Gasteiger partial charge in [0.05, 0.1) is 6.54 Å². The van der Waals surface area contributed by atoms with Crippen molar-refractivity contribution >= 4 is 17.7 Å². The summed E-state index contributed by atoms with van der Waals surface area (Å²) in [4.78, 5) is 35.8. The fourth-order valence-corrected chi connectivity index (χ4v) is 3.31. The molecular formula is C19H25N3O5. The SMILES string of the molecule is O=C(CC1CCCCC1)NCC(=O)NNC(=O)C1COc2ccccc2O1. The molecule has 1 atom stereocenters. The molecule has 1 aliphatic carbocycles. The average Bonchev–Trinajstić information content (AvgIpc) is 2.71. The molecule has 0 saturated heterocycles. The van der Waals surface area contributed by atoms with Gasteiger partial charge < -0.3 is 14.8 Å². The van der Waals surface area contributed by atoms with Gasteiger partial charge in [-0.25, -0.2) is 0 Å². The van der Waals surface area contributed by atoms with E-state index in [4.69, 9.17) is 9.47 Å². The molecule has 1 unspecified atom stereocenters. The maximum atomic E-state index is 12.1. The number of hydrogen-bond donors (Lipinski definition) is 3. The van der Waals surface area contributed by atoms with Crippen LogP contribution in [0.3, 0.4) is 0 Å². The molecule has 1 aromatic rings. The Kier molecular flexibility index (Phi) is 6.51. The predicted molar refractivity (Wildman–Crippen MR) is 96.8 cm³/mol. The molecule has 1 fully saturated rings. The van der Waals surface area contributed by atoms with Gasteiger partial charge >= 0.3 is 0 Å². The molecule has 0 radical (unpaired) electrons. The highest BCUT2D eigenvalue weighted by molar-refractivity contribution is 5.88. The number of para-hydroxylation sites is 2. The van der Waals surface area contributed by atoms with Gasteiger partial charge in [-0.2, -0.15) is 0 Å². The van der Waals surface area contributed by atoms with E-state index >= 15 is 0 Å². The Morgan fingerprint density at radius 3 is 2.48 bits per heavy atom. The molecule has 27 heavy (non-hydrogen) atoms. The zero-order chi connectivity index (χ0) is 19.1. The van der Waals surface area contributed by atoms with Crippen molar-refractivity contribution in [1.82, 2.24) is 16.2 Å². The zero-order valence-electron chi connectivity index (χ0n) is 15.2. The second-order valence-corrected chi connectivity index (χ2v) is 6.89. The average molecular weight is 375 g/mol. The smallest absolute Gasteiger partial charge is 0.283 e. The zero-order valence-corrected chi connectivity index (χ0v) is 15.2. The van der Waals surface area contributed by atoms with Crippen molar-refractivity contribution in [3.05, 3.63) is 24.3 Å². The van der Waals surface area contributed by atoms with E-state index in [1.807, 2.05) is 6.07 Å². The van der Waals surface area contributed by atoms with Gasteiger partial charge in [0.2, 0.25) is 12.0 Å². The van der Waals surface area contributed by atoms with E-state index < -0.39 is 17.9 Å². The number of carbonyl (C=O) groups excluding carboxylic acids is 3. The molecule has 146 valence electrons. The van der Waals surface area contributed by atoms with E-state index in [1.165, 1.54) is 19.3 Å². The van der Waals surface area contributed by atoms with E-state index in [2.05, 4.69) is 16.2 Å². The molecule has 2 aliphatic rings. The number of carbonyl (C=O) groups is 3. The van der Waals surface area contributed by atoms with E-state index in [9.17, 15) is 14.4 Å². The highest BCUT2D eigenvalue weighted by Gasteiger charge is 2.27. The van der Waals surface area contributed by atoms with Crippen LogP contribution in [0, 0.1) is 5.92 Å². The monoisotopic (exact) mass is 375 g/mol. The van der Waals surface area contributed by atoms with E-state index in [-0.39, 0.29) is 19.1 Å². The molecule has 3 amide bonds. The molecule has 1 aromatic carbocycles. The molecule has 0 aromatic heterocycles. The van der Waals surface area contributed by atoms with Gasteiger partial charge in [0, 0.05) is 6.42 Å². The van der Waals surface area contributed by atoms with Gasteiger partial charge in [0.1, 0.15) is 6.61 Å². The molecule has 3 rings (SSSR count). The van der Waals surface area contributed by atoms with E-state index in [1.54, 1.807) is 18.2 Å². The van der Waals surface area contributed by atoms with E-state index in [0.29, 0.717) is 23.8 Å². The quantitative estimate of drug-likeness (QED) is 0.668. The van der Waals surface area contributed by atoms with Crippen LogP contribution in [0.1, 0.15) is 38.5 Å². The lowest BCUT2D eigenvalue weighted by Gasteiger charge is -2.25. The first-order chi connectivity index (χ1) is 13.1. The number of hydrogen-bond acceptors (Lipinski definition) is 5. The molecular weight excluding hydrogens is 350 g/mol. The third-order valence-electron chi connectivity index (χ3n) is 4.77. The predicted octanol–water partition coefficient (Wildman–Crippen LogP) is 1.06. The number of ether oxygens (including phenoxy) is 2. The maximum absolute atomic E-state index is 12.1. The number of nitrogens with one attached hydrogen (secondary N) is 3. The van der Waals surface area contributed by atoms with Gasteiger partial charge in [-0.1, -0.05) is 31.4 Å². The van der Waals surface area contributed by atoms with Crippen molar-refractivity contribution in [3.63, 3.8) is 0 Å². The number of fused-ring (bicyclic) bond motifs is 1. The molecule has 0 bridgehead atoms. The number of benzene rings is 1. The van der Waals surface area contributed by atoms with Crippen molar-refractivity contribution in [2.75, 3.05) is 13.2 Å². The molecule has 3 N–H and O–H groups in total. The van der Waals surface area contributed by atoms with Crippen LogP contribution in [0.25, 0.3) is 0 Å². The Labute approximate surface area is 157 Å². The lowest BCUT2D eigenvalue weighted by atomic mass is 9.87. The third-order valence-corrected chi connectivity index (χ3v) is 4.77. The van der Waals surface area contributed by atoms with Gasteiger partial charge in [0.25, 0.3) is 11.8 Å². The number of hydrazine groups is 1. The molecule has 8 nitrogen and oxygen atoms in total. The van der Waals surface area contributed by atoms with Crippen molar-refractivity contribution in [2.45, 2.75) is 44.6 Å². The summed E-state index contributed by atoms with van der Waals surface area (Å²) in [6, 6.07) is 7.04. The summed E-state index contributed by atoms with van der Waals surface area (Å²) in [6.07, 6.45) is 5.31. The summed E-state index contributed by atoms with van der Waals surface area (Å²) in [6.45, 7) is -0.131. The largest absolute Gasteiger partial charge is 0.485 e. The van der Waals surface area contributed by atoms with Crippen molar-refractivity contribution < 1.29 is 23.9 Å². The van der Waals surface area contributed by atoms with Gasteiger partial charge in [-0.05, 0) is 30.9 Å². The van der Waals surface area contributed by atoms with E-state index in [0.717, 1.165) is 12.8 Å². The summed E-state index contributed by atoms with van der Waals surface area (Å²) >= 11 is 0. The summed E-state index contributed by atoms with van der Waals surface area (Å²) in [7, 11) is 0. The van der Waals surface area contributed by atoms with Gasteiger partial charge in [-0.3, -0.25) is 25.2 Å². The Balaban J connectivity index is 1.34. The Morgan fingerprint density at radius 2 is 1.70 bits per heavy atom. The van der Waals surface area contributed by atoms with Crippen molar-refractivity contribution in [1.29, 1.82) is 0 Å². The lowest BCUT2D eigenvalue weighted by molar-refractivity contribution is -0.135. The van der Waals surface area contributed by atoms with Crippen molar-refractivity contribution in [3.8, 4) is 11.5 Å². The first-order valence-electron chi connectivity index (χ1n) is 9.35. The topological polar surface area (TPSA) is 106 Å². The van der Waals surface area contributed by atoms with Crippen LogP contribution in [-0.4, -0.2) is 37.0 Å². The van der Waals surface area contributed by atoms with Gasteiger partial charge in [0.15, 0.2) is 11.5 Å². The highest BCUT2D eigenvalue weighted by Crippen LogP contribution is 2.30. The van der Waals surface area contributed by atoms with Gasteiger partial charge in [-0.15, -0.1) is 0 Å². The van der Waals surface area contributed by atoms with Crippen LogP contribution < -0.4 is 25.6 Å².